The highest BCUT2D eigenvalue weighted by Crippen LogP contribution is 2.33. The normalized spacial score (nSPS) is 28.0. The van der Waals surface area contributed by atoms with Gasteiger partial charge in [-0.25, -0.2) is 4.39 Å². The number of aliphatic hydroxyl groups is 1. The lowest BCUT2D eigenvalue weighted by Gasteiger charge is -2.34. The van der Waals surface area contributed by atoms with Gasteiger partial charge in [-0.2, -0.15) is 0 Å². The molecule has 0 aromatic heterocycles. The minimum absolute atomic E-state index is 0.0605. The van der Waals surface area contributed by atoms with E-state index in [9.17, 15) is 18.5 Å². The van der Waals surface area contributed by atoms with Crippen LogP contribution < -0.4 is 0 Å². The molecule has 0 heterocycles. The predicted molar refractivity (Wildman–Crippen MR) is 72.2 cm³/mol. The second kappa shape index (κ2) is 6.01. The number of carboxylic acid groups (broad SMARTS) is 1. The quantitative estimate of drug-likeness (QED) is 0.891. The molecule has 0 saturated heterocycles. The largest absolute Gasteiger partial charge is 0.481 e. The average Bonchev–Trinajstić information content (AvgIpc) is 2.39. The molecule has 6 heteroatoms. The summed E-state index contributed by atoms with van der Waals surface area (Å²) in [5, 5.41) is 19.3. The molecule has 0 aliphatic heterocycles. The number of benzene rings is 1. The van der Waals surface area contributed by atoms with Gasteiger partial charge in [0.15, 0.2) is 0 Å². The van der Waals surface area contributed by atoms with E-state index in [0.29, 0.717) is 30.6 Å². The smallest absolute Gasteiger partial charge is 0.306 e. The minimum Gasteiger partial charge on any atom is -0.481 e. The third-order valence-electron chi connectivity index (χ3n) is 3.74. The van der Waals surface area contributed by atoms with E-state index in [1.165, 1.54) is 24.3 Å². The molecule has 0 bridgehead atoms. The maximum absolute atomic E-state index is 12.8. The fraction of sp³-hybridized carbons (Fsp3) is 0.500. The summed E-state index contributed by atoms with van der Waals surface area (Å²) in [4.78, 5) is 11.3. The summed E-state index contributed by atoms with van der Waals surface area (Å²) in [5.74, 6) is -1.60. The summed E-state index contributed by atoms with van der Waals surface area (Å²) in [5.41, 5.74) is -1.09. The summed E-state index contributed by atoms with van der Waals surface area (Å²) in [6, 6.07) is 5.35. The standard InChI is InChI=1S/C14H17FO4S/c15-11-1-3-12(4-2-11)20(19)9-14(18)7-5-10(6-8-14)13(16)17/h1-4,10,18H,5-9H2,(H,16,17). The number of hydrogen-bond donors (Lipinski definition) is 2. The molecule has 1 aliphatic rings. The first-order chi connectivity index (χ1) is 9.39. The zero-order chi connectivity index (χ0) is 14.8. The highest BCUT2D eigenvalue weighted by atomic mass is 32.2. The Balaban J connectivity index is 1.97. The van der Waals surface area contributed by atoms with Crippen molar-refractivity contribution >= 4 is 16.8 Å². The Hall–Kier alpha value is -1.27. The summed E-state index contributed by atoms with van der Waals surface area (Å²) in [6.45, 7) is 0. The van der Waals surface area contributed by atoms with Crippen molar-refractivity contribution in [3.63, 3.8) is 0 Å². The molecular formula is C14H17FO4S. The van der Waals surface area contributed by atoms with Gasteiger partial charge in [-0.1, -0.05) is 0 Å². The summed E-state index contributed by atoms with van der Waals surface area (Å²) >= 11 is 0. The number of rotatable bonds is 4. The number of halogens is 1. The molecule has 1 atom stereocenters. The Labute approximate surface area is 119 Å². The van der Waals surface area contributed by atoms with Gasteiger partial charge in [0, 0.05) is 4.90 Å². The first-order valence-corrected chi connectivity index (χ1v) is 7.81. The van der Waals surface area contributed by atoms with Gasteiger partial charge in [0.1, 0.15) is 5.82 Å². The van der Waals surface area contributed by atoms with Crippen molar-refractivity contribution in [1.82, 2.24) is 0 Å². The summed E-state index contributed by atoms with van der Waals surface area (Å²) in [6.07, 6.45) is 1.45. The van der Waals surface area contributed by atoms with E-state index in [1.807, 2.05) is 0 Å². The summed E-state index contributed by atoms with van der Waals surface area (Å²) < 4.78 is 25.0. The molecule has 1 aliphatic carbocycles. The fourth-order valence-corrected chi connectivity index (χ4v) is 3.84. The van der Waals surface area contributed by atoms with Gasteiger partial charge in [-0.15, -0.1) is 0 Å². The molecule has 0 spiro atoms. The number of hydrogen-bond acceptors (Lipinski definition) is 3. The van der Waals surface area contributed by atoms with E-state index in [4.69, 9.17) is 5.11 Å². The molecule has 4 nitrogen and oxygen atoms in total. The van der Waals surface area contributed by atoms with Crippen molar-refractivity contribution < 1.29 is 23.6 Å². The van der Waals surface area contributed by atoms with Crippen LogP contribution in [0.4, 0.5) is 4.39 Å². The molecule has 2 N–H and O–H groups in total. The van der Waals surface area contributed by atoms with E-state index in [0.717, 1.165) is 0 Å². The van der Waals surface area contributed by atoms with Crippen molar-refractivity contribution in [2.45, 2.75) is 36.2 Å². The van der Waals surface area contributed by atoms with Crippen LogP contribution in [0.5, 0.6) is 0 Å². The first kappa shape index (κ1) is 15.1. The monoisotopic (exact) mass is 300 g/mol. The van der Waals surface area contributed by atoms with E-state index in [2.05, 4.69) is 0 Å². The van der Waals surface area contributed by atoms with Crippen molar-refractivity contribution in [3.8, 4) is 0 Å². The Morgan fingerprint density at radius 1 is 1.30 bits per heavy atom. The van der Waals surface area contributed by atoms with Crippen LogP contribution in [-0.4, -0.2) is 31.7 Å². The lowest BCUT2D eigenvalue weighted by atomic mass is 9.80. The Morgan fingerprint density at radius 3 is 2.35 bits per heavy atom. The Kier molecular flexibility index (Phi) is 4.55. The molecule has 0 amide bonds. The van der Waals surface area contributed by atoms with Crippen LogP contribution in [0.1, 0.15) is 25.7 Å². The second-order valence-corrected chi connectivity index (χ2v) is 6.73. The van der Waals surface area contributed by atoms with E-state index in [1.54, 1.807) is 0 Å². The third kappa shape index (κ3) is 3.64. The average molecular weight is 300 g/mol. The third-order valence-corrected chi connectivity index (χ3v) is 5.34. The molecule has 1 aromatic carbocycles. The molecule has 110 valence electrons. The van der Waals surface area contributed by atoms with Crippen LogP contribution >= 0.6 is 0 Å². The lowest BCUT2D eigenvalue weighted by Crippen LogP contribution is -2.40. The Morgan fingerprint density at radius 2 is 1.85 bits per heavy atom. The van der Waals surface area contributed by atoms with E-state index >= 15 is 0 Å². The highest BCUT2D eigenvalue weighted by Gasteiger charge is 2.37. The van der Waals surface area contributed by atoms with Gasteiger partial charge in [-0.05, 0) is 49.9 Å². The fourth-order valence-electron chi connectivity index (χ4n) is 2.46. The number of carboxylic acids is 1. The van der Waals surface area contributed by atoms with Crippen LogP contribution in [0, 0.1) is 11.7 Å². The number of carbonyl (C=O) groups is 1. The topological polar surface area (TPSA) is 74.6 Å². The van der Waals surface area contributed by atoms with Gasteiger partial charge in [0.2, 0.25) is 0 Å². The molecule has 1 fully saturated rings. The number of aliphatic carboxylic acids is 1. The minimum atomic E-state index is -1.41. The molecule has 1 unspecified atom stereocenters. The summed E-state index contributed by atoms with van der Waals surface area (Å²) in [7, 11) is -1.41. The molecule has 1 saturated carbocycles. The van der Waals surface area contributed by atoms with Crippen molar-refractivity contribution in [2.75, 3.05) is 5.75 Å². The maximum Gasteiger partial charge on any atom is 0.306 e. The zero-order valence-electron chi connectivity index (χ0n) is 10.9. The van der Waals surface area contributed by atoms with Gasteiger partial charge >= 0.3 is 5.97 Å². The van der Waals surface area contributed by atoms with E-state index in [-0.39, 0.29) is 5.75 Å². The maximum atomic E-state index is 12.8. The van der Waals surface area contributed by atoms with Crippen LogP contribution in [0.3, 0.4) is 0 Å². The van der Waals surface area contributed by atoms with Crippen LogP contribution in [-0.2, 0) is 15.6 Å². The van der Waals surface area contributed by atoms with Gasteiger partial charge in [-0.3, -0.25) is 9.00 Å². The molecule has 0 radical (unpaired) electrons. The van der Waals surface area contributed by atoms with Gasteiger partial charge in [0.25, 0.3) is 0 Å². The zero-order valence-corrected chi connectivity index (χ0v) is 11.7. The van der Waals surface area contributed by atoms with Crippen LogP contribution in [0.15, 0.2) is 29.2 Å². The van der Waals surface area contributed by atoms with E-state index < -0.39 is 34.1 Å². The van der Waals surface area contributed by atoms with Crippen molar-refractivity contribution in [2.24, 2.45) is 5.92 Å². The van der Waals surface area contributed by atoms with Crippen molar-refractivity contribution in [3.05, 3.63) is 30.1 Å². The molecular weight excluding hydrogens is 283 g/mol. The molecule has 20 heavy (non-hydrogen) atoms. The second-order valence-electron chi connectivity index (χ2n) is 5.28. The first-order valence-electron chi connectivity index (χ1n) is 6.49. The Bertz CT molecular complexity index is 506. The van der Waals surface area contributed by atoms with Gasteiger partial charge in [0.05, 0.1) is 28.1 Å². The SMILES string of the molecule is O=C(O)C1CCC(O)(CS(=O)c2ccc(F)cc2)CC1. The predicted octanol–water partition coefficient (Wildman–Crippen LogP) is 1.94. The van der Waals surface area contributed by atoms with Gasteiger partial charge < -0.3 is 10.2 Å². The molecule has 2 rings (SSSR count). The van der Waals surface area contributed by atoms with Crippen LogP contribution in [0.2, 0.25) is 0 Å². The van der Waals surface area contributed by atoms with Crippen LogP contribution in [0.25, 0.3) is 0 Å². The van der Waals surface area contributed by atoms with Crippen molar-refractivity contribution in [1.29, 1.82) is 0 Å². The molecule has 1 aromatic rings. The lowest BCUT2D eigenvalue weighted by molar-refractivity contribution is -0.144. The highest BCUT2D eigenvalue weighted by molar-refractivity contribution is 7.85.